The zero-order valence-corrected chi connectivity index (χ0v) is 17.8. The molecule has 142 valence electrons. The molecule has 2 aliphatic heterocycles. The van der Waals surface area contributed by atoms with Gasteiger partial charge in [0.2, 0.25) is 0 Å². The molecule has 2 atom stereocenters. The molecule has 8 heteroatoms. The van der Waals surface area contributed by atoms with E-state index in [4.69, 9.17) is 0 Å². The number of fused-ring (bicyclic) bond motifs is 1. The number of halogens is 2. The maximum absolute atomic E-state index is 14.7. The van der Waals surface area contributed by atoms with Gasteiger partial charge in [-0.3, -0.25) is 4.99 Å². The summed E-state index contributed by atoms with van der Waals surface area (Å²) in [6.07, 6.45) is 0. The molecule has 2 aromatic carbocycles. The number of nitrogens with zero attached hydrogens (tertiary/aromatic N) is 2. The fourth-order valence-corrected chi connectivity index (χ4v) is 6.78. The summed E-state index contributed by atoms with van der Waals surface area (Å²) >= 11 is 4.79. The standard InChI is InChI=1S/C19H18BrFN2O2S2/c1-12-3-2-4-13(7-12)9-26-19-22-16-10-27(24,25)11-18(16)23(19)17-6-5-14(20)8-15(17)21/h2-8,16,18H,9-11H2,1H3. The first kappa shape index (κ1) is 19.0. The van der Waals surface area contributed by atoms with Crippen molar-refractivity contribution >= 4 is 48.4 Å². The van der Waals surface area contributed by atoms with Crippen molar-refractivity contribution in [1.29, 1.82) is 0 Å². The van der Waals surface area contributed by atoms with Gasteiger partial charge < -0.3 is 4.90 Å². The summed E-state index contributed by atoms with van der Waals surface area (Å²) in [7, 11) is -3.15. The molecule has 4 rings (SSSR count). The van der Waals surface area contributed by atoms with E-state index in [1.54, 1.807) is 17.0 Å². The van der Waals surface area contributed by atoms with E-state index in [-0.39, 0.29) is 23.6 Å². The van der Waals surface area contributed by atoms with Gasteiger partial charge in [0.05, 0.1) is 29.3 Å². The zero-order valence-electron chi connectivity index (χ0n) is 14.6. The van der Waals surface area contributed by atoms with Gasteiger partial charge in [-0.25, -0.2) is 12.8 Å². The highest BCUT2D eigenvalue weighted by Gasteiger charge is 2.47. The molecule has 0 N–H and O–H groups in total. The van der Waals surface area contributed by atoms with Gasteiger partial charge >= 0.3 is 0 Å². The van der Waals surface area contributed by atoms with E-state index in [0.29, 0.717) is 21.1 Å². The van der Waals surface area contributed by atoms with Gasteiger partial charge in [-0.15, -0.1) is 0 Å². The van der Waals surface area contributed by atoms with Crippen LogP contribution in [-0.2, 0) is 15.6 Å². The van der Waals surface area contributed by atoms with Gasteiger partial charge in [-0.2, -0.15) is 0 Å². The van der Waals surface area contributed by atoms with Crippen molar-refractivity contribution < 1.29 is 12.8 Å². The second kappa shape index (κ2) is 7.22. The van der Waals surface area contributed by atoms with Crippen LogP contribution in [0.25, 0.3) is 0 Å². The molecule has 0 amide bonds. The molecule has 0 bridgehead atoms. The van der Waals surface area contributed by atoms with Crippen molar-refractivity contribution in [2.24, 2.45) is 4.99 Å². The highest BCUT2D eigenvalue weighted by Crippen LogP contribution is 2.37. The number of thioether (sulfide) groups is 1. The number of amidine groups is 1. The molecule has 2 unspecified atom stereocenters. The lowest BCUT2D eigenvalue weighted by Gasteiger charge is -2.27. The molecule has 0 aliphatic carbocycles. The first-order valence-electron chi connectivity index (χ1n) is 8.53. The molecule has 0 aromatic heterocycles. The maximum Gasteiger partial charge on any atom is 0.164 e. The number of sulfone groups is 1. The highest BCUT2D eigenvalue weighted by molar-refractivity contribution is 9.10. The van der Waals surface area contributed by atoms with Gasteiger partial charge in [-0.1, -0.05) is 57.5 Å². The quantitative estimate of drug-likeness (QED) is 0.677. The van der Waals surface area contributed by atoms with Gasteiger partial charge in [0.15, 0.2) is 15.0 Å². The van der Waals surface area contributed by atoms with Gasteiger partial charge in [0.25, 0.3) is 0 Å². The minimum atomic E-state index is -3.15. The van der Waals surface area contributed by atoms with E-state index >= 15 is 0 Å². The van der Waals surface area contributed by atoms with Gasteiger partial charge in [0.1, 0.15) is 5.82 Å². The average Bonchev–Trinajstić information content (AvgIpc) is 3.05. The molecular formula is C19H18BrFN2O2S2. The van der Waals surface area contributed by atoms with Crippen LogP contribution in [0.3, 0.4) is 0 Å². The predicted molar refractivity (Wildman–Crippen MR) is 113 cm³/mol. The third-order valence-electron chi connectivity index (χ3n) is 4.73. The van der Waals surface area contributed by atoms with Crippen LogP contribution in [0.5, 0.6) is 0 Å². The monoisotopic (exact) mass is 468 g/mol. The largest absolute Gasteiger partial charge is 0.312 e. The van der Waals surface area contributed by atoms with Crippen LogP contribution >= 0.6 is 27.7 Å². The second-order valence-corrected chi connectivity index (χ2v) is 10.9. The van der Waals surface area contributed by atoms with Crippen LogP contribution < -0.4 is 4.90 Å². The number of rotatable bonds is 3. The minimum absolute atomic E-state index is 0.00513. The Morgan fingerprint density at radius 1 is 1.26 bits per heavy atom. The summed E-state index contributed by atoms with van der Waals surface area (Å²) in [5.74, 6) is 0.339. The van der Waals surface area contributed by atoms with E-state index in [1.165, 1.54) is 23.4 Å². The molecular weight excluding hydrogens is 451 g/mol. The lowest BCUT2D eigenvalue weighted by Crippen LogP contribution is -2.39. The molecule has 0 saturated carbocycles. The predicted octanol–water partition coefficient (Wildman–Crippen LogP) is 4.17. The Bertz CT molecular complexity index is 1030. The maximum atomic E-state index is 14.7. The Labute approximate surface area is 170 Å². The van der Waals surface area contributed by atoms with Crippen molar-refractivity contribution in [3.8, 4) is 0 Å². The van der Waals surface area contributed by atoms with Gasteiger partial charge in [-0.05, 0) is 30.7 Å². The lowest BCUT2D eigenvalue weighted by molar-refractivity contribution is 0.600. The Morgan fingerprint density at radius 3 is 2.81 bits per heavy atom. The summed E-state index contributed by atoms with van der Waals surface area (Å²) in [5.41, 5.74) is 2.71. The van der Waals surface area contributed by atoms with E-state index in [0.717, 1.165) is 5.56 Å². The molecule has 0 spiro atoms. The highest BCUT2D eigenvalue weighted by atomic mass is 79.9. The first-order chi connectivity index (χ1) is 12.8. The van der Waals surface area contributed by atoms with Crippen LogP contribution in [0.4, 0.5) is 10.1 Å². The van der Waals surface area contributed by atoms with Crippen LogP contribution in [0.1, 0.15) is 11.1 Å². The summed E-state index contributed by atoms with van der Waals surface area (Å²) in [4.78, 5) is 6.43. The Balaban J connectivity index is 1.65. The van der Waals surface area contributed by atoms with Crippen molar-refractivity contribution in [3.63, 3.8) is 0 Å². The number of benzene rings is 2. The molecule has 2 aromatic rings. The van der Waals surface area contributed by atoms with Crippen molar-refractivity contribution in [1.82, 2.24) is 0 Å². The first-order valence-corrected chi connectivity index (χ1v) is 12.1. The third-order valence-corrected chi connectivity index (χ3v) is 7.96. The summed E-state index contributed by atoms with van der Waals surface area (Å²) in [6, 6.07) is 12.4. The summed E-state index contributed by atoms with van der Waals surface area (Å²) < 4.78 is 39.5. The average molecular weight is 469 g/mol. The van der Waals surface area contributed by atoms with Crippen LogP contribution in [-0.4, -0.2) is 37.2 Å². The Hall–Kier alpha value is -1.38. The lowest BCUT2D eigenvalue weighted by atomic mass is 10.1. The normalized spacial score (nSPS) is 23.4. The molecule has 0 radical (unpaired) electrons. The van der Waals surface area contributed by atoms with Crippen molar-refractivity contribution in [3.05, 3.63) is 63.9 Å². The fraction of sp³-hybridized carbons (Fsp3) is 0.316. The summed E-state index contributed by atoms with van der Waals surface area (Å²) in [6.45, 7) is 2.04. The van der Waals surface area contributed by atoms with Crippen molar-refractivity contribution in [2.75, 3.05) is 16.4 Å². The Morgan fingerprint density at radius 2 is 2.07 bits per heavy atom. The van der Waals surface area contributed by atoms with E-state index in [1.807, 2.05) is 25.1 Å². The number of anilines is 1. The number of aliphatic imine (C=N–C) groups is 1. The van der Waals surface area contributed by atoms with E-state index in [2.05, 4.69) is 27.0 Å². The van der Waals surface area contributed by atoms with Crippen LogP contribution in [0.15, 0.2) is 51.9 Å². The zero-order chi connectivity index (χ0) is 19.2. The van der Waals surface area contributed by atoms with Gasteiger partial charge in [0, 0.05) is 10.2 Å². The van der Waals surface area contributed by atoms with Crippen molar-refractivity contribution in [2.45, 2.75) is 24.8 Å². The van der Waals surface area contributed by atoms with E-state index in [9.17, 15) is 12.8 Å². The van der Waals surface area contributed by atoms with Crippen LogP contribution in [0.2, 0.25) is 0 Å². The smallest absolute Gasteiger partial charge is 0.164 e. The SMILES string of the molecule is Cc1cccc(CSC2=NC3CS(=O)(=O)CC3N2c2ccc(Br)cc2F)c1. The fourth-order valence-electron chi connectivity index (χ4n) is 3.54. The van der Waals surface area contributed by atoms with Crippen LogP contribution in [0, 0.1) is 12.7 Å². The topological polar surface area (TPSA) is 49.7 Å². The molecule has 1 saturated heterocycles. The molecule has 2 aliphatic rings. The molecule has 2 heterocycles. The number of hydrogen-bond acceptors (Lipinski definition) is 5. The summed E-state index contributed by atoms with van der Waals surface area (Å²) in [5, 5.41) is 0.683. The number of aryl methyl sites for hydroxylation is 1. The molecule has 1 fully saturated rings. The minimum Gasteiger partial charge on any atom is -0.312 e. The molecule has 27 heavy (non-hydrogen) atoms. The van der Waals surface area contributed by atoms with E-state index < -0.39 is 15.7 Å². The third kappa shape index (κ3) is 3.93. The second-order valence-electron chi connectivity index (χ2n) is 6.87. The Kier molecular flexibility index (Phi) is 5.07. The molecule has 4 nitrogen and oxygen atoms in total. The number of hydrogen-bond donors (Lipinski definition) is 0.